The fraction of sp³-hybridized carbons (Fsp3) is 0.600. The fourth-order valence-electron chi connectivity index (χ4n) is 1.72. The molecule has 0 atom stereocenters. The molecule has 1 fully saturated rings. The van der Waals surface area contributed by atoms with Gasteiger partial charge in [0, 0.05) is 32.7 Å². The van der Waals surface area contributed by atoms with Crippen LogP contribution in [0.1, 0.15) is 16.6 Å². The van der Waals surface area contributed by atoms with Gasteiger partial charge < -0.3 is 21.3 Å². The van der Waals surface area contributed by atoms with Crippen LogP contribution >= 0.6 is 11.3 Å². The van der Waals surface area contributed by atoms with Crippen LogP contribution in [0.2, 0.25) is 0 Å². The van der Waals surface area contributed by atoms with Crippen molar-refractivity contribution >= 4 is 28.2 Å². The molecule has 1 amide bonds. The third-order valence-electron chi connectivity index (χ3n) is 2.58. The van der Waals surface area contributed by atoms with Crippen LogP contribution in [0.5, 0.6) is 0 Å². The van der Waals surface area contributed by atoms with Gasteiger partial charge in [-0.2, -0.15) is 0 Å². The highest BCUT2D eigenvalue weighted by Crippen LogP contribution is 2.26. The van der Waals surface area contributed by atoms with Crippen molar-refractivity contribution in [3.63, 3.8) is 0 Å². The molecule has 1 aromatic rings. The molecule has 0 unspecified atom stereocenters. The van der Waals surface area contributed by atoms with Gasteiger partial charge >= 0.3 is 0 Å². The largest absolute Gasteiger partial charge is 0.382 e. The number of piperazine rings is 1. The predicted molar refractivity (Wildman–Crippen MR) is 69.5 cm³/mol. The Labute approximate surface area is 104 Å². The van der Waals surface area contributed by atoms with Gasteiger partial charge in [-0.3, -0.25) is 4.79 Å². The van der Waals surface area contributed by atoms with Crippen LogP contribution in [0.3, 0.4) is 0 Å². The maximum atomic E-state index is 12.2. The molecule has 1 saturated heterocycles. The van der Waals surface area contributed by atoms with Crippen LogP contribution in [0.15, 0.2) is 0 Å². The minimum atomic E-state index is -0.00865. The van der Waals surface area contributed by atoms with Crippen LogP contribution in [-0.4, -0.2) is 48.5 Å². The molecule has 94 valence electrons. The first-order chi connectivity index (χ1) is 8.22. The standard InChI is InChI=1S/C10H17N5OS/c1-2-13-10-14-8(11)7(17-10)9(16)15-5-3-12-4-6-15/h12H,2-6,11H2,1H3,(H,13,14). The van der Waals surface area contributed by atoms with Crippen molar-refractivity contribution in [3.8, 4) is 0 Å². The third kappa shape index (κ3) is 2.67. The molecule has 1 aliphatic heterocycles. The van der Waals surface area contributed by atoms with Crippen molar-refractivity contribution in [1.82, 2.24) is 15.2 Å². The number of carbonyl (C=O) groups excluding carboxylic acids is 1. The highest BCUT2D eigenvalue weighted by molar-refractivity contribution is 7.18. The van der Waals surface area contributed by atoms with Crippen LogP contribution in [0, 0.1) is 0 Å². The van der Waals surface area contributed by atoms with Crippen molar-refractivity contribution < 1.29 is 4.79 Å². The third-order valence-corrected chi connectivity index (χ3v) is 3.60. The molecule has 0 spiro atoms. The van der Waals surface area contributed by atoms with Gasteiger partial charge in [0.15, 0.2) is 5.13 Å². The second-order valence-corrected chi connectivity index (χ2v) is 4.80. The number of anilines is 2. The van der Waals surface area contributed by atoms with Gasteiger partial charge in [0.05, 0.1) is 0 Å². The Morgan fingerprint density at radius 2 is 2.29 bits per heavy atom. The molecule has 2 heterocycles. The quantitative estimate of drug-likeness (QED) is 0.719. The maximum Gasteiger partial charge on any atom is 0.267 e. The van der Waals surface area contributed by atoms with E-state index in [1.54, 1.807) is 0 Å². The fourth-order valence-corrected chi connectivity index (χ4v) is 2.64. The number of aromatic nitrogens is 1. The van der Waals surface area contributed by atoms with Crippen LogP contribution in [0.4, 0.5) is 10.9 Å². The molecule has 7 heteroatoms. The number of thiazole rings is 1. The highest BCUT2D eigenvalue weighted by Gasteiger charge is 2.23. The van der Waals surface area contributed by atoms with Crippen LogP contribution in [0.25, 0.3) is 0 Å². The maximum absolute atomic E-state index is 12.2. The zero-order valence-corrected chi connectivity index (χ0v) is 10.6. The molecule has 6 nitrogen and oxygen atoms in total. The molecular formula is C10H17N5OS. The number of nitrogens with one attached hydrogen (secondary N) is 2. The summed E-state index contributed by atoms with van der Waals surface area (Å²) in [5, 5.41) is 6.99. The first-order valence-corrected chi connectivity index (χ1v) is 6.54. The van der Waals surface area contributed by atoms with E-state index in [1.165, 1.54) is 11.3 Å². The van der Waals surface area contributed by atoms with Gasteiger partial charge in [-0.15, -0.1) is 0 Å². The number of hydrogen-bond donors (Lipinski definition) is 3. The summed E-state index contributed by atoms with van der Waals surface area (Å²) < 4.78 is 0. The molecule has 0 radical (unpaired) electrons. The molecule has 0 aliphatic carbocycles. The molecular weight excluding hydrogens is 238 g/mol. The zero-order valence-electron chi connectivity index (χ0n) is 9.82. The Kier molecular flexibility index (Phi) is 3.80. The van der Waals surface area contributed by atoms with E-state index in [1.807, 2.05) is 11.8 Å². The molecule has 0 saturated carbocycles. The number of carbonyl (C=O) groups is 1. The van der Waals surface area contributed by atoms with Crippen LogP contribution < -0.4 is 16.4 Å². The summed E-state index contributed by atoms with van der Waals surface area (Å²) in [7, 11) is 0. The first kappa shape index (κ1) is 12.1. The molecule has 17 heavy (non-hydrogen) atoms. The molecule has 0 bridgehead atoms. The van der Waals surface area contributed by atoms with Gasteiger partial charge in [0.1, 0.15) is 10.7 Å². The second-order valence-electron chi connectivity index (χ2n) is 3.81. The first-order valence-electron chi connectivity index (χ1n) is 5.72. The number of amides is 1. The Bertz CT molecular complexity index is 399. The van der Waals surface area contributed by atoms with Gasteiger partial charge in [0.25, 0.3) is 5.91 Å². The molecule has 1 aliphatic rings. The zero-order chi connectivity index (χ0) is 12.3. The summed E-state index contributed by atoms with van der Waals surface area (Å²) in [5.41, 5.74) is 5.78. The summed E-state index contributed by atoms with van der Waals surface area (Å²) in [4.78, 5) is 18.7. The van der Waals surface area contributed by atoms with E-state index in [0.29, 0.717) is 15.8 Å². The second kappa shape index (κ2) is 5.33. The number of nitrogen functional groups attached to an aromatic ring is 1. The van der Waals surface area contributed by atoms with Gasteiger partial charge in [-0.05, 0) is 6.92 Å². The molecule has 4 N–H and O–H groups in total. The summed E-state index contributed by atoms with van der Waals surface area (Å²) in [6.45, 7) is 5.89. The minimum Gasteiger partial charge on any atom is -0.382 e. The summed E-state index contributed by atoms with van der Waals surface area (Å²) in [6, 6.07) is 0. The van der Waals surface area contributed by atoms with Crippen molar-refractivity contribution in [3.05, 3.63) is 4.88 Å². The lowest BCUT2D eigenvalue weighted by molar-refractivity contribution is 0.0741. The number of rotatable bonds is 3. The van der Waals surface area contributed by atoms with Crippen molar-refractivity contribution in [2.45, 2.75) is 6.92 Å². The Morgan fingerprint density at radius 3 is 2.94 bits per heavy atom. The van der Waals surface area contributed by atoms with E-state index in [-0.39, 0.29) is 5.91 Å². The van der Waals surface area contributed by atoms with E-state index < -0.39 is 0 Å². The Morgan fingerprint density at radius 1 is 1.59 bits per heavy atom. The lowest BCUT2D eigenvalue weighted by Crippen LogP contribution is -2.46. The van der Waals surface area contributed by atoms with E-state index >= 15 is 0 Å². The van der Waals surface area contributed by atoms with Gasteiger partial charge in [0.2, 0.25) is 0 Å². The Balaban J connectivity index is 2.12. The highest BCUT2D eigenvalue weighted by atomic mass is 32.1. The predicted octanol–water partition coefficient (Wildman–Crippen LogP) is 0.202. The normalized spacial score (nSPS) is 15.9. The average Bonchev–Trinajstić information content (AvgIpc) is 2.71. The summed E-state index contributed by atoms with van der Waals surface area (Å²) in [6.07, 6.45) is 0. The number of nitrogens with two attached hydrogens (primary N) is 1. The van der Waals surface area contributed by atoms with E-state index in [2.05, 4.69) is 15.6 Å². The Hall–Kier alpha value is -1.34. The van der Waals surface area contributed by atoms with E-state index in [0.717, 1.165) is 32.7 Å². The molecule has 1 aromatic heterocycles. The average molecular weight is 255 g/mol. The van der Waals surface area contributed by atoms with Crippen molar-refractivity contribution in [2.75, 3.05) is 43.8 Å². The SMILES string of the molecule is CCNc1nc(N)c(C(=O)N2CCNCC2)s1. The van der Waals surface area contributed by atoms with Gasteiger partial charge in [-0.25, -0.2) is 4.98 Å². The smallest absolute Gasteiger partial charge is 0.267 e. The monoisotopic (exact) mass is 255 g/mol. The summed E-state index contributed by atoms with van der Waals surface area (Å²) >= 11 is 1.33. The minimum absolute atomic E-state index is 0.00865. The van der Waals surface area contributed by atoms with Crippen molar-refractivity contribution in [2.24, 2.45) is 0 Å². The number of hydrogen-bond acceptors (Lipinski definition) is 6. The molecule has 2 rings (SSSR count). The summed E-state index contributed by atoms with van der Waals surface area (Å²) in [5.74, 6) is 0.320. The lowest BCUT2D eigenvalue weighted by Gasteiger charge is -2.26. The van der Waals surface area contributed by atoms with E-state index in [4.69, 9.17) is 5.73 Å². The molecule has 0 aromatic carbocycles. The van der Waals surface area contributed by atoms with Crippen molar-refractivity contribution in [1.29, 1.82) is 0 Å². The van der Waals surface area contributed by atoms with E-state index in [9.17, 15) is 4.79 Å². The lowest BCUT2D eigenvalue weighted by atomic mass is 10.3. The topological polar surface area (TPSA) is 83.3 Å². The van der Waals surface area contributed by atoms with Crippen LogP contribution in [-0.2, 0) is 0 Å². The number of nitrogens with zero attached hydrogens (tertiary/aromatic N) is 2. The van der Waals surface area contributed by atoms with Gasteiger partial charge in [-0.1, -0.05) is 11.3 Å².